The third kappa shape index (κ3) is 2.60. The summed E-state index contributed by atoms with van der Waals surface area (Å²) in [4.78, 5) is 24.1. The van der Waals surface area contributed by atoms with E-state index in [-0.39, 0.29) is 12.1 Å². The predicted octanol–water partition coefficient (Wildman–Crippen LogP) is 3.18. The standard InChI is InChI=1S/C15H12N4O2S2/c1-2-9-6-10-14(23-9)16-8-19(15(10)20)7-12-17-13(18-21-12)11-4-3-5-22-11/h3-6,8H,2,7H2,1H3. The van der Waals surface area contributed by atoms with Gasteiger partial charge in [-0.1, -0.05) is 18.1 Å². The number of nitrogens with zero attached hydrogens (tertiary/aromatic N) is 4. The molecule has 23 heavy (non-hydrogen) atoms. The molecule has 0 radical (unpaired) electrons. The second kappa shape index (κ2) is 5.71. The van der Waals surface area contributed by atoms with E-state index in [0.717, 1.165) is 21.0 Å². The van der Waals surface area contributed by atoms with E-state index < -0.39 is 0 Å². The molecule has 0 aliphatic rings. The Bertz CT molecular complexity index is 1010. The van der Waals surface area contributed by atoms with E-state index in [1.165, 1.54) is 10.9 Å². The molecule has 0 bridgehead atoms. The van der Waals surface area contributed by atoms with Crippen molar-refractivity contribution >= 4 is 32.9 Å². The Kier molecular flexibility index (Phi) is 3.55. The highest BCUT2D eigenvalue weighted by Crippen LogP contribution is 2.22. The maximum absolute atomic E-state index is 12.5. The molecule has 8 heteroatoms. The molecule has 4 aromatic rings. The highest BCUT2D eigenvalue weighted by Gasteiger charge is 2.13. The van der Waals surface area contributed by atoms with Crippen molar-refractivity contribution in [1.82, 2.24) is 19.7 Å². The van der Waals surface area contributed by atoms with Gasteiger partial charge in [0.25, 0.3) is 5.56 Å². The fraction of sp³-hybridized carbons (Fsp3) is 0.200. The topological polar surface area (TPSA) is 73.8 Å². The zero-order valence-corrected chi connectivity index (χ0v) is 13.9. The van der Waals surface area contributed by atoms with Crippen molar-refractivity contribution in [3.05, 3.63) is 51.0 Å². The van der Waals surface area contributed by atoms with Crippen LogP contribution in [0.3, 0.4) is 0 Å². The van der Waals surface area contributed by atoms with E-state index in [1.807, 2.05) is 23.6 Å². The second-order valence-electron chi connectivity index (χ2n) is 4.95. The number of rotatable bonds is 4. The van der Waals surface area contributed by atoms with E-state index in [1.54, 1.807) is 22.7 Å². The zero-order chi connectivity index (χ0) is 15.8. The molecule has 116 valence electrons. The summed E-state index contributed by atoms with van der Waals surface area (Å²) in [6, 6.07) is 5.77. The fourth-order valence-corrected chi connectivity index (χ4v) is 3.84. The number of aryl methyl sites for hydroxylation is 1. The minimum absolute atomic E-state index is 0.0816. The molecular weight excluding hydrogens is 332 g/mol. The lowest BCUT2D eigenvalue weighted by atomic mass is 10.3. The fourth-order valence-electron chi connectivity index (χ4n) is 2.27. The average Bonchev–Trinajstić information content (AvgIpc) is 3.29. The third-order valence-corrected chi connectivity index (χ3v) is 5.49. The molecule has 0 fully saturated rings. The van der Waals surface area contributed by atoms with Crippen LogP contribution in [0.2, 0.25) is 0 Å². The summed E-state index contributed by atoms with van der Waals surface area (Å²) in [6.07, 6.45) is 2.43. The molecule has 0 unspecified atom stereocenters. The summed E-state index contributed by atoms with van der Waals surface area (Å²) in [7, 11) is 0. The second-order valence-corrected chi connectivity index (χ2v) is 7.01. The van der Waals surface area contributed by atoms with Crippen molar-refractivity contribution < 1.29 is 4.52 Å². The lowest BCUT2D eigenvalue weighted by Gasteiger charge is -2.00. The van der Waals surface area contributed by atoms with Crippen LogP contribution in [0.15, 0.2) is 39.2 Å². The summed E-state index contributed by atoms with van der Waals surface area (Å²) in [5, 5.41) is 6.55. The normalized spacial score (nSPS) is 11.3. The molecule has 0 aromatic carbocycles. The molecular formula is C15H12N4O2S2. The van der Waals surface area contributed by atoms with Crippen molar-refractivity contribution in [3.63, 3.8) is 0 Å². The van der Waals surface area contributed by atoms with Crippen LogP contribution in [0, 0.1) is 0 Å². The van der Waals surface area contributed by atoms with Crippen LogP contribution in [0.5, 0.6) is 0 Å². The number of thiophene rings is 2. The van der Waals surface area contributed by atoms with E-state index in [9.17, 15) is 4.79 Å². The van der Waals surface area contributed by atoms with Crippen LogP contribution in [-0.4, -0.2) is 19.7 Å². The van der Waals surface area contributed by atoms with Gasteiger partial charge in [-0.05, 0) is 23.9 Å². The maximum atomic E-state index is 12.5. The Morgan fingerprint density at radius 2 is 2.30 bits per heavy atom. The molecule has 0 aliphatic carbocycles. The first-order valence-electron chi connectivity index (χ1n) is 7.09. The highest BCUT2D eigenvalue weighted by atomic mass is 32.1. The van der Waals surface area contributed by atoms with Crippen LogP contribution in [0.4, 0.5) is 0 Å². The van der Waals surface area contributed by atoms with Crippen molar-refractivity contribution in [3.8, 4) is 10.7 Å². The summed E-state index contributed by atoms with van der Waals surface area (Å²) in [5.41, 5.74) is -0.0816. The third-order valence-electron chi connectivity index (χ3n) is 3.43. The molecule has 0 spiro atoms. The van der Waals surface area contributed by atoms with Gasteiger partial charge in [-0.25, -0.2) is 4.98 Å². The Balaban J connectivity index is 1.67. The van der Waals surface area contributed by atoms with Gasteiger partial charge in [0.2, 0.25) is 11.7 Å². The van der Waals surface area contributed by atoms with E-state index in [0.29, 0.717) is 17.1 Å². The highest BCUT2D eigenvalue weighted by molar-refractivity contribution is 7.18. The summed E-state index contributed by atoms with van der Waals surface area (Å²) in [5.74, 6) is 0.934. The van der Waals surface area contributed by atoms with Gasteiger partial charge >= 0.3 is 0 Å². The molecule has 4 aromatic heterocycles. The van der Waals surface area contributed by atoms with Gasteiger partial charge in [0, 0.05) is 4.88 Å². The minimum Gasteiger partial charge on any atom is -0.337 e. The summed E-state index contributed by atoms with van der Waals surface area (Å²) >= 11 is 3.10. The van der Waals surface area contributed by atoms with Crippen molar-refractivity contribution in [2.24, 2.45) is 0 Å². The molecule has 0 atom stereocenters. The minimum atomic E-state index is -0.0816. The van der Waals surface area contributed by atoms with Gasteiger partial charge in [0.15, 0.2) is 0 Å². The average molecular weight is 344 g/mol. The SMILES string of the molecule is CCc1cc2c(=O)n(Cc3nc(-c4cccs4)no3)cnc2s1. The molecule has 0 saturated carbocycles. The number of hydrogen-bond donors (Lipinski definition) is 0. The van der Waals surface area contributed by atoms with Gasteiger partial charge in [-0.2, -0.15) is 4.98 Å². The molecule has 0 saturated heterocycles. The number of hydrogen-bond acceptors (Lipinski definition) is 7. The molecule has 0 amide bonds. The number of fused-ring (bicyclic) bond motifs is 1. The van der Waals surface area contributed by atoms with Gasteiger partial charge in [-0.3, -0.25) is 9.36 Å². The van der Waals surface area contributed by atoms with Crippen molar-refractivity contribution in [1.29, 1.82) is 0 Å². The lowest BCUT2D eigenvalue weighted by Crippen LogP contribution is -2.20. The molecule has 0 aliphatic heterocycles. The van der Waals surface area contributed by atoms with Crippen molar-refractivity contribution in [2.75, 3.05) is 0 Å². The number of aromatic nitrogens is 4. The predicted molar refractivity (Wildman–Crippen MR) is 90.0 cm³/mol. The first-order chi connectivity index (χ1) is 11.2. The van der Waals surface area contributed by atoms with Gasteiger partial charge in [-0.15, -0.1) is 22.7 Å². The molecule has 4 heterocycles. The quantitative estimate of drug-likeness (QED) is 0.568. The van der Waals surface area contributed by atoms with Crippen LogP contribution in [0.25, 0.3) is 20.9 Å². The zero-order valence-electron chi connectivity index (χ0n) is 12.2. The molecule has 4 rings (SSSR count). The summed E-state index contributed by atoms with van der Waals surface area (Å²) < 4.78 is 6.75. The summed E-state index contributed by atoms with van der Waals surface area (Å²) in [6.45, 7) is 2.28. The first kappa shape index (κ1) is 14.3. The van der Waals surface area contributed by atoms with E-state index in [2.05, 4.69) is 22.0 Å². The first-order valence-corrected chi connectivity index (χ1v) is 8.78. The van der Waals surface area contributed by atoms with E-state index >= 15 is 0 Å². The Morgan fingerprint density at radius 3 is 3.09 bits per heavy atom. The van der Waals surface area contributed by atoms with Crippen LogP contribution in [0.1, 0.15) is 17.7 Å². The lowest BCUT2D eigenvalue weighted by molar-refractivity contribution is 0.370. The Morgan fingerprint density at radius 1 is 1.39 bits per heavy atom. The van der Waals surface area contributed by atoms with E-state index in [4.69, 9.17) is 4.52 Å². The largest absolute Gasteiger partial charge is 0.337 e. The van der Waals surface area contributed by atoms with Gasteiger partial charge in [0.05, 0.1) is 16.6 Å². The Hall–Kier alpha value is -2.32. The maximum Gasteiger partial charge on any atom is 0.262 e. The van der Waals surface area contributed by atoms with Crippen molar-refractivity contribution in [2.45, 2.75) is 19.9 Å². The smallest absolute Gasteiger partial charge is 0.262 e. The monoisotopic (exact) mass is 344 g/mol. The van der Waals surface area contributed by atoms with Crippen LogP contribution < -0.4 is 5.56 Å². The van der Waals surface area contributed by atoms with Gasteiger partial charge in [0.1, 0.15) is 11.4 Å². The van der Waals surface area contributed by atoms with Crippen LogP contribution in [-0.2, 0) is 13.0 Å². The van der Waals surface area contributed by atoms with Crippen LogP contribution >= 0.6 is 22.7 Å². The van der Waals surface area contributed by atoms with Gasteiger partial charge < -0.3 is 4.52 Å². The molecule has 6 nitrogen and oxygen atoms in total. The Labute approximate surface area is 139 Å². The molecule has 0 N–H and O–H groups in total.